The number of esters is 1. The molecule has 1 saturated carbocycles. The summed E-state index contributed by atoms with van der Waals surface area (Å²) >= 11 is 5.32. The summed E-state index contributed by atoms with van der Waals surface area (Å²) in [5.74, 6) is -1.27. The first-order valence-corrected chi connectivity index (χ1v) is 9.79. The fourth-order valence-electron chi connectivity index (χ4n) is 3.42. The van der Waals surface area contributed by atoms with Gasteiger partial charge in [0.25, 0.3) is 0 Å². The van der Waals surface area contributed by atoms with Gasteiger partial charge in [0.05, 0.1) is 5.92 Å². The second kappa shape index (κ2) is 8.64. The lowest BCUT2D eigenvalue weighted by Crippen LogP contribution is -2.14. The molecule has 0 saturated heterocycles. The molecule has 1 fully saturated rings. The summed E-state index contributed by atoms with van der Waals surface area (Å²) in [4.78, 5) is 12.6. The fraction of sp³-hybridized carbons (Fsp3) is 0.304. The van der Waals surface area contributed by atoms with Crippen LogP contribution in [0.1, 0.15) is 25.5 Å². The number of nitrogens with zero attached hydrogens (tertiary/aromatic N) is 1. The third kappa shape index (κ3) is 5.20. The standard InChI is InChI=1S/C23H19ClF3NO3/c1-22(2)17(12-19(24)23(25,26)27)20(22)21(29)31-18(13-28)14-7-6-10-16(11-14)30-15-8-4-3-5-9-15/h3-12,17-18,20H,1-2H3/b19-12+/t17-,18?,20+/m1/s1. The van der Waals surface area contributed by atoms with Crippen LogP contribution in [0.15, 0.2) is 65.7 Å². The second-order valence-electron chi connectivity index (χ2n) is 7.77. The van der Waals surface area contributed by atoms with E-state index in [4.69, 9.17) is 21.1 Å². The van der Waals surface area contributed by atoms with Crippen LogP contribution in [0.5, 0.6) is 11.5 Å². The van der Waals surface area contributed by atoms with Gasteiger partial charge in [-0.2, -0.15) is 18.4 Å². The lowest BCUT2D eigenvalue weighted by Gasteiger charge is -2.13. The van der Waals surface area contributed by atoms with Gasteiger partial charge in [0.15, 0.2) is 0 Å². The maximum absolute atomic E-state index is 12.7. The van der Waals surface area contributed by atoms with Crippen LogP contribution >= 0.6 is 11.6 Å². The van der Waals surface area contributed by atoms with Gasteiger partial charge >= 0.3 is 12.1 Å². The Kier molecular flexibility index (Phi) is 6.33. The topological polar surface area (TPSA) is 59.3 Å². The lowest BCUT2D eigenvalue weighted by molar-refractivity contribution is -0.149. The van der Waals surface area contributed by atoms with E-state index in [2.05, 4.69) is 0 Å². The van der Waals surface area contributed by atoms with Gasteiger partial charge in [-0.3, -0.25) is 4.79 Å². The smallest absolute Gasteiger partial charge is 0.426 e. The number of carbonyl (C=O) groups is 1. The number of hydrogen-bond donors (Lipinski definition) is 0. The monoisotopic (exact) mass is 449 g/mol. The van der Waals surface area contributed by atoms with Crippen LogP contribution in [0.25, 0.3) is 0 Å². The molecule has 162 valence electrons. The highest BCUT2D eigenvalue weighted by Crippen LogP contribution is 2.60. The first-order valence-electron chi connectivity index (χ1n) is 9.41. The molecule has 31 heavy (non-hydrogen) atoms. The molecule has 8 heteroatoms. The minimum Gasteiger partial charge on any atom is -0.457 e. The molecule has 2 aromatic carbocycles. The molecule has 0 spiro atoms. The largest absolute Gasteiger partial charge is 0.457 e. The number of allylic oxidation sites excluding steroid dienone is 2. The van der Waals surface area contributed by atoms with Crippen molar-refractivity contribution in [1.29, 1.82) is 5.26 Å². The molecule has 0 aromatic heterocycles. The molecule has 0 bridgehead atoms. The summed E-state index contributed by atoms with van der Waals surface area (Å²) in [6.45, 7) is 3.30. The molecule has 1 unspecified atom stereocenters. The second-order valence-corrected chi connectivity index (χ2v) is 8.18. The maximum Gasteiger partial charge on any atom is 0.426 e. The number of carbonyl (C=O) groups excluding carboxylic acids is 1. The Labute approximate surface area is 182 Å². The van der Waals surface area contributed by atoms with Gasteiger partial charge in [-0.05, 0) is 35.6 Å². The average molecular weight is 450 g/mol. The Morgan fingerprint density at radius 1 is 1.16 bits per heavy atom. The van der Waals surface area contributed by atoms with Gasteiger partial charge in [-0.1, -0.05) is 61.9 Å². The lowest BCUT2D eigenvalue weighted by atomic mass is 10.1. The molecule has 2 aromatic rings. The van der Waals surface area contributed by atoms with Crippen LogP contribution in [0.3, 0.4) is 0 Å². The Hall–Kier alpha value is -2.98. The number of alkyl halides is 3. The molecule has 0 N–H and O–H groups in total. The first-order chi connectivity index (χ1) is 14.5. The summed E-state index contributed by atoms with van der Waals surface area (Å²) in [7, 11) is 0. The molecule has 0 aliphatic heterocycles. The van der Waals surface area contributed by atoms with Crippen molar-refractivity contribution >= 4 is 17.6 Å². The van der Waals surface area contributed by atoms with E-state index < -0.39 is 40.5 Å². The summed E-state index contributed by atoms with van der Waals surface area (Å²) in [6, 6.07) is 17.4. The van der Waals surface area contributed by atoms with Gasteiger partial charge in [0.2, 0.25) is 6.10 Å². The molecule has 0 amide bonds. The number of benzene rings is 2. The van der Waals surface area contributed by atoms with E-state index in [9.17, 15) is 23.2 Å². The molecule has 3 atom stereocenters. The highest BCUT2D eigenvalue weighted by Gasteiger charge is 2.62. The van der Waals surface area contributed by atoms with Crippen LogP contribution in [0.2, 0.25) is 0 Å². The summed E-state index contributed by atoms with van der Waals surface area (Å²) in [6.07, 6.45) is -5.07. The van der Waals surface area contributed by atoms with Gasteiger partial charge in [-0.15, -0.1) is 0 Å². The zero-order chi connectivity index (χ0) is 22.8. The number of nitriles is 1. The van der Waals surface area contributed by atoms with Gasteiger partial charge < -0.3 is 9.47 Å². The van der Waals surface area contributed by atoms with Crippen LogP contribution in [-0.2, 0) is 9.53 Å². The van der Waals surface area contributed by atoms with Crippen molar-refractivity contribution in [3.8, 4) is 17.6 Å². The molecule has 1 aliphatic rings. The summed E-state index contributed by atoms with van der Waals surface area (Å²) in [5.41, 5.74) is -0.371. The zero-order valence-corrected chi connectivity index (χ0v) is 17.4. The number of para-hydroxylation sites is 1. The molecular weight excluding hydrogens is 431 g/mol. The normalized spacial score (nSPS) is 21.0. The number of rotatable bonds is 6. The van der Waals surface area contributed by atoms with E-state index in [1.165, 1.54) is 0 Å². The molecule has 3 rings (SSSR count). The molecule has 0 heterocycles. The third-order valence-electron chi connectivity index (χ3n) is 5.25. The number of hydrogen-bond acceptors (Lipinski definition) is 4. The molecule has 1 aliphatic carbocycles. The summed E-state index contributed by atoms with van der Waals surface area (Å²) < 4.78 is 49.2. The minimum atomic E-state index is -4.68. The van der Waals surface area contributed by atoms with Crippen molar-refractivity contribution in [3.05, 3.63) is 71.3 Å². The van der Waals surface area contributed by atoms with E-state index in [0.29, 0.717) is 17.1 Å². The first kappa shape index (κ1) is 22.7. The van der Waals surface area contributed by atoms with Crippen molar-refractivity contribution in [2.45, 2.75) is 26.1 Å². The minimum absolute atomic E-state index is 0.392. The quantitative estimate of drug-likeness (QED) is 0.469. The van der Waals surface area contributed by atoms with Crippen LogP contribution in [0.4, 0.5) is 13.2 Å². The van der Waals surface area contributed by atoms with E-state index >= 15 is 0 Å². The van der Waals surface area contributed by atoms with E-state index in [1.54, 1.807) is 50.2 Å². The van der Waals surface area contributed by atoms with Crippen molar-refractivity contribution in [2.75, 3.05) is 0 Å². The van der Waals surface area contributed by atoms with E-state index in [0.717, 1.165) is 6.08 Å². The number of ether oxygens (including phenoxy) is 2. The Morgan fingerprint density at radius 2 is 1.81 bits per heavy atom. The maximum atomic E-state index is 12.7. The zero-order valence-electron chi connectivity index (χ0n) is 16.7. The van der Waals surface area contributed by atoms with Crippen LogP contribution < -0.4 is 4.74 Å². The van der Waals surface area contributed by atoms with Crippen molar-refractivity contribution < 1.29 is 27.4 Å². The van der Waals surface area contributed by atoms with Gasteiger partial charge in [0.1, 0.15) is 22.6 Å². The van der Waals surface area contributed by atoms with Crippen molar-refractivity contribution in [1.82, 2.24) is 0 Å². The Morgan fingerprint density at radius 3 is 2.42 bits per heavy atom. The van der Waals surface area contributed by atoms with Crippen molar-refractivity contribution in [2.24, 2.45) is 17.3 Å². The Bertz CT molecular complexity index is 1030. The molecule has 4 nitrogen and oxygen atoms in total. The van der Waals surface area contributed by atoms with Gasteiger partial charge in [0, 0.05) is 5.56 Å². The van der Waals surface area contributed by atoms with E-state index in [-0.39, 0.29) is 0 Å². The predicted molar refractivity (Wildman–Crippen MR) is 108 cm³/mol. The highest BCUT2D eigenvalue weighted by molar-refractivity contribution is 6.30. The summed E-state index contributed by atoms with van der Waals surface area (Å²) in [5, 5.41) is 8.23. The SMILES string of the molecule is CC1(C)[C@H](/C=C(/Cl)C(F)(F)F)[C@H]1C(=O)OC(C#N)c1cccc(Oc2ccccc2)c1. The number of halogens is 4. The van der Waals surface area contributed by atoms with Crippen molar-refractivity contribution in [3.63, 3.8) is 0 Å². The van der Waals surface area contributed by atoms with Gasteiger partial charge in [-0.25, -0.2) is 0 Å². The molecular formula is C23H19ClF3NO3. The fourth-order valence-corrected chi connectivity index (χ4v) is 3.55. The highest BCUT2D eigenvalue weighted by atomic mass is 35.5. The molecule has 0 radical (unpaired) electrons. The van der Waals surface area contributed by atoms with Crippen LogP contribution in [-0.4, -0.2) is 12.1 Å². The Balaban J connectivity index is 1.72. The third-order valence-corrected chi connectivity index (χ3v) is 5.59. The average Bonchev–Trinajstić information content (AvgIpc) is 3.26. The predicted octanol–water partition coefficient (Wildman–Crippen LogP) is 6.54. The van der Waals surface area contributed by atoms with Crippen LogP contribution in [0, 0.1) is 28.6 Å². The van der Waals surface area contributed by atoms with E-state index in [1.807, 2.05) is 24.3 Å².